The summed E-state index contributed by atoms with van der Waals surface area (Å²) in [5.74, 6) is 1.64. The summed E-state index contributed by atoms with van der Waals surface area (Å²) >= 11 is 0. The van der Waals surface area contributed by atoms with Crippen LogP contribution in [0, 0.1) is 17.3 Å². The average Bonchev–Trinajstić information content (AvgIpc) is 3.12. The van der Waals surface area contributed by atoms with E-state index >= 15 is 0 Å². The van der Waals surface area contributed by atoms with Crippen LogP contribution in [-0.2, 0) is 0 Å². The van der Waals surface area contributed by atoms with Crippen molar-refractivity contribution in [2.45, 2.75) is 70.8 Å². The molecule has 0 aromatic heterocycles. The molecule has 0 radical (unpaired) electrons. The van der Waals surface area contributed by atoms with Crippen molar-refractivity contribution in [3.63, 3.8) is 0 Å². The fourth-order valence-electron chi connectivity index (χ4n) is 3.70. The molecule has 100 valence electrons. The molecule has 0 saturated heterocycles. The number of nitrogens with two attached hydrogens (primary N) is 1. The van der Waals surface area contributed by atoms with E-state index in [1.807, 2.05) is 6.92 Å². The first-order chi connectivity index (χ1) is 8.03. The van der Waals surface area contributed by atoms with Crippen molar-refractivity contribution in [2.24, 2.45) is 23.0 Å². The maximum absolute atomic E-state index is 10.9. The van der Waals surface area contributed by atoms with E-state index in [1.54, 1.807) is 0 Å². The lowest BCUT2D eigenvalue weighted by Gasteiger charge is -2.49. The minimum Gasteiger partial charge on any atom is -0.390 e. The minimum absolute atomic E-state index is 0.00125. The van der Waals surface area contributed by atoms with Gasteiger partial charge in [-0.1, -0.05) is 26.2 Å². The Hall–Kier alpha value is -0.0800. The highest BCUT2D eigenvalue weighted by Gasteiger charge is 2.49. The Morgan fingerprint density at radius 1 is 1.18 bits per heavy atom. The van der Waals surface area contributed by atoms with Gasteiger partial charge >= 0.3 is 0 Å². The zero-order valence-electron chi connectivity index (χ0n) is 11.5. The Labute approximate surface area is 106 Å². The van der Waals surface area contributed by atoms with Gasteiger partial charge in [-0.05, 0) is 50.9 Å². The van der Waals surface area contributed by atoms with E-state index in [2.05, 4.69) is 6.92 Å². The summed E-state index contributed by atoms with van der Waals surface area (Å²) in [5, 5.41) is 10.9. The van der Waals surface area contributed by atoms with Crippen LogP contribution in [0.4, 0.5) is 0 Å². The monoisotopic (exact) mass is 239 g/mol. The van der Waals surface area contributed by atoms with Crippen molar-refractivity contribution >= 4 is 0 Å². The van der Waals surface area contributed by atoms with Crippen molar-refractivity contribution < 1.29 is 5.11 Å². The molecule has 0 aliphatic heterocycles. The molecule has 2 aliphatic rings. The molecule has 2 saturated carbocycles. The molecule has 0 aromatic carbocycles. The Balaban J connectivity index is 2.02. The summed E-state index contributed by atoms with van der Waals surface area (Å²) in [6.45, 7) is 4.98. The van der Waals surface area contributed by atoms with Crippen molar-refractivity contribution in [1.82, 2.24) is 0 Å². The van der Waals surface area contributed by atoms with E-state index in [0.29, 0.717) is 6.54 Å². The summed E-state index contributed by atoms with van der Waals surface area (Å²) < 4.78 is 0. The average molecular weight is 239 g/mol. The molecule has 17 heavy (non-hydrogen) atoms. The van der Waals surface area contributed by atoms with Gasteiger partial charge in [-0.3, -0.25) is 0 Å². The molecule has 2 aliphatic carbocycles. The lowest BCUT2D eigenvalue weighted by Crippen LogP contribution is -2.52. The summed E-state index contributed by atoms with van der Waals surface area (Å²) in [6, 6.07) is 0. The third-order valence-electron chi connectivity index (χ3n) is 5.56. The zero-order valence-corrected chi connectivity index (χ0v) is 11.5. The lowest BCUT2D eigenvalue weighted by atomic mass is 9.60. The fraction of sp³-hybridized carbons (Fsp3) is 1.00. The van der Waals surface area contributed by atoms with Gasteiger partial charge in [-0.25, -0.2) is 0 Å². The van der Waals surface area contributed by atoms with Crippen molar-refractivity contribution in [3.05, 3.63) is 0 Å². The molecule has 0 heterocycles. The molecule has 3 N–H and O–H groups in total. The van der Waals surface area contributed by atoms with E-state index in [0.717, 1.165) is 31.1 Å². The summed E-state index contributed by atoms with van der Waals surface area (Å²) in [5.41, 5.74) is 5.51. The molecular weight excluding hydrogens is 210 g/mol. The third-order valence-corrected chi connectivity index (χ3v) is 5.56. The Morgan fingerprint density at radius 2 is 1.76 bits per heavy atom. The Morgan fingerprint density at radius 3 is 2.18 bits per heavy atom. The van der Waals surface area contributed by atoms with Gasteiger partial charge in [0.05, 0.1) is 5.60 Å². The molecule has 1 unspecified atom stereocenters. The fourth-order valence-corrected chi connectivity index (χ4v) is 3.70. The molecule has 2 rings (SSSR count). The third kappa shape index (κ3) is 2.68. The highest BCUT2D eigenvalue weighted by Crippen LogP contribution is 2.51. The largest absolute Gasteiger partial charge is 0.390 e. The van der Waals surface area contributed by atoms with Gasteiger partial charge in [0.1, 0.15) is 0 Å². The van der Waals surface area contributed by atoms with Crippen LogP contribution in [0.15, 0.2) is 0 Å². The first kappa shape index (κ1) is 13.4. The Bertz CT molecular complexity index is 250. The van der Waals surface area contributed by atoms with E-state index in [9.17, 15) is 5.11 Å². The van der Waals surface area contributed by atoms with Crippen LogP contribution in [0.5, 0.6) is 0 Å². The van der Waals surface area contributed by atoms with Crippen LogP contribution in [-0.4, -0.2) is 17.3 Å². The van der Waals surface area contributed by atoms with Gasteiger partial charge in [0.15, 0.2) is 0 Å². The molecule has 0 amide bonds. The zero-order chi connectivity index (χ0) is 12.5. The molecule has 2 nitrogen and oxygen atoms in total. The quantitative estimate of drug-likeness (QED) is 0.774. The second-order valence-electron chi connectivity index (χ2n) is 6.76. The molecule has 2 fully saturated rings. The molecule has 0 aromatic rings. The van der Waals surface area contributed by atoms with Gasteiger partial charge in [0, 0.05) is 12.0 Å². The predicted octanol–water partition coefficient (Wildman–Crippen LogP) is 3.08. The van der Waals surface area contributed by atoms with Crippen LogP contribution < -0.4 is 5.73 Å². The van der Waals surface area contributed by atoms with Crippen molar-refractivity contribution in [2.75, 3.05) is 6.54 Å². The summed E-state index contributed by atoms with van der Waals surface area (Å²) in [7, 11) is 0. The van der Waals surface area contributed by atoms with Gasteiger partial charge in [-0.2, -0.15) is 0 Å². The molecular formula is C15H29NO. The highest BCUT2D eigenvalue weighted by molar-refractivity contribution is 5.01. The van der Waals surface area contributed by atoms with Gasteiger partial charge in [-0.15, -0.1) is 0 Å². The van der Waals surface area contributed by atoms with Crippen molar-refractivity contribution in [3.8, 4) is 0 Å². The number of hydrogen-bond acceptors (Lipinski definition) is 2. The summed E-state index contributed by atoms with van der Waals surface area (Å²) in [4.78, 5) is 0. The van der Waals surface area contributed by atoms with Gasteiger partial charge in [0.25, 0.3) is 0 Å². The SMILES string of the molecule is CCC1CCC(CN)(C(C)(O)CC2CC2)CC1. The summed E-state index contributed by atoms with van der Waals surface area (Å²) in [6.07, 6.45) is 9.65. The van der Waals surface area contributed by atoms with E-state index in [1.165, 1.54) is 32.1 Å². The van der Waals surface area contributed by atoms with Crippen LogP contribution in [0.1, 0.15) is 65.2 Å². The lowest BCUT2D eigenvalue weighted by molar-refractivity contribution is -0.100. The predicted molar refractivity (Wildman–Crippen MR) is 71.7 cm³/mol. The molecule has 1 atom stereocenters. The van der Waals surface area contributed by atoms with Gasteiger partial charge < -0.3 is 10.8 Å². The van der Waals surface area contributed by atoms with Crippen LogP contribution in [0.3, 0.4) is 0 Å². The molecule has 2 heteroatoms. The Kier molecular flexibility index (Phi) is 3.84. The first-order valence-electron chi connectivity index (χ1n) is 7.45. The second kappa shape index (κ2) is 4.89. The van der Waals surface area contributed by atoms with Crippen LogP contribution in [0.2, 0.25) is 0 Å². The minimum atomic E-state index is -0.540. The normalized spacial score (nSPS) is 37.8. The second-order valence-corrected chi connectivity index (χ2v) is 6.76. The topological polar surface area (TPSA) is 46.2 Å². The van der Waals surface area contributed by atoms with Crippen molar-refractivity contribution in [1.29, 1.82) is 0 Å². The number of aliphatic hydroxyl groups is 1. The van der Waals surface area contributed by atoms with Crippen LogP contribution >= 0.6 is 0 Å². The number of rotatable bonds is 5. The molecule has 0 spiro atoms. The molecule has 0 bridgehead atoms. The van der Waals surface area contributed by atoms with E-state index < -0.39 is 5.60 Å². The van der Waals surface area contributed by atoms with Crippen LogP contribution in [0.25, 0.3) is 0 Å². The number of hydrogen-bond donors (Lipinski definition) is 2. The maximum atomic E-state index is 10.9. The van der Waals surface area contributed by atoms with E-state index in [4.69, 9.17) is 5.73 Å². The van der Waals surface area contributed by atoms with E-state index in [-0.39, 0.29) is 5.41 Å². The maximum Gasteiger partial charge on any atom is 0.0690 e. The smallest absolute Gasteiger partial charge is 0.0690 e. The standard InChI is InChI=1S/C15H29NO/c1-3-12-6-8-15(11-16,9-7-12)14(2,17)10-13-4-5-13/h12-13,17H,3-11,16H2,1-2H3. The highest BCUT2D eigenvalue weighted by atomic mass is 16.3. The van der Waals surface area contributed by atoms with Gasteiger partial charge in [0.2, 0.25) is 0 Å². The first-order valence-corrected chi connectivity index (χ1v) is 7.45.